The van der Waals surface area contributed by atoms with Gasteiger partial charge in [0, 0.05) is 12.7 Å². The van der Waals surface area contributed by atoms with Crippen LogP contribution in [0.1, 0.15) is 31.4 Å². The Morgan fingerprint density at radius 2 is 2.11 bits per heavy atom. The molecular weight excluding hydrogens is 222 g/mol. The van der Waals surface area contributed by atoms with E-state index in [-0.39, 0.29) is 0 Å². The third-order valence-corrected chi connectivity index (χ3v) is 3.53. The summed E-state index contributed by atoms with van der Waals surface area (Å²) in [6.07, 6.45) is 6.66. The summed E-state index contributed by atoms with van der Waals surface area (Å²) in [6, 6.07) is 11.1. The minimum absolute atomic E-state index is 0.431. The normalized spacial score (nSPS) is 16.5. The van der Waals surface area contributed by atoms with E-state index in [1.807, 2.05) is 10.9 Å². The van der Waals surface area contributed by atoms with Crippen molar-refractivity contribution in [3.05, 3.63) is 48.3 Å². The highest BCUT2D eigenvalue weighted by atomic mass is 15.3. The van der Waals surface area contributed by atoms with E-state index in [0.29, 0.717) is 6.04 Å². The second-order valence-corrected chi connectivity index (χ2v) is 4.95. The van der Waals surface area contributed by atoms with Gasteiger partial charge in [-0.05, 0) is 31.2 Å². The Hall–Kier alpha value is -1.77. The SMILES string of the molecule is CCn1cc(NC(c2ccccc2)C2CC2)cn1. The summed E-state index contributed by atoms with van der Waals surface area (Å²) in [5.41, 5.74) is 2.50. The third-order valence-electron chi connectivity index (χ3n) is 3.53. The Kier molecular flexibility index (Phi) is 3.05. The van der Waals surface area contributed by atoms with Gasteiger partial charge in [0.1, 0.15) is 0 Å². The smallest absolute Gasteiger partial charge is 0.0731 e. The fourth-order valence-electron chi connectivity index (χ4n) is 2.35. The van der Waals surface area contributed by atoms with Crippen LogP contribution in [0.5, 0.6) is 0 Å². The first-order valence-corrected chi connectivity index (χ1v) is 6.70. The summed E-state index contributed by atoms with van der Waals surface area (Å²) in [5, 5.41) is 7.94. The minimum atomic E-state index is 0.431. The van der Waals surface area contributed by atoms with Crippen molar-refractivity contribution in [1.29, 1.82) is 0 Å². The van der Waals surface area contributed by atoms with Gasteiger partial charge >= 0.3 is 0 Å². The molecule has 0 aliphatic heterocycles. The molecule has 1 aromatic carbocycles. The number of nitrogens with one attached hydrogen (secondary N) is 1. The van der Waals surface area contributed by atoms with Crippen molar-refractivity contribution >= 4 is 5.69 Å². The number of rotatable bonds is 5. The van der Waals surface area contributed by atoms with E-state index < -0.39 is 0 Å². The average Bonchev–Trinajstić information content (AvgIpc) is 3.16. The van der Waals surface area contributed by atoms with Crippen LogP contribution in [0.25, 0.3) is 0 Å². The number of benzene rings is 1. The number of nitrogens with zero attached hydrogens (tertiary/aromatic N) is 2. The Balaban J connectivity index is 1.78. The van der Waals surface area contributed by atoms with Crippen molar-refractivity contribution in [2.45, 2.75) is 32.4 Å². The molecule has 1 atom stereocenters. The summed E-state index contributed by atoms with van der Waals surface area (Å²) in [4.78, 5) is 0. The van der Waals surface area contributed by atoms with Gasteiger partial charge in [-0.25, -0.2) is 0 Å². The lowest BCUT2D eigenvalue weighted by Gasteiger charge is -2.18. The molecular formula is C15H19N3. The topological polar surface area (TPSA) is 29.9 Å². The maximum Gasteiger partial charge on any atom is 0.0731 e. The second-order valence-electron chi connectivity index (χ2n) is 4.95. The molecule has 0 saturated heterocycles. The summed E-state index contributed by atoms with van der Waals surface area (Å²) < 4.78 is 1.96. The van der Waals surface area contributed by atoms with Gasteiger partial charge in [0.2, 0.25) is 0 Å². The Morgan fingerprint density at radius 3 is 2.72 bits per heavy atom. The van der Waals surface area contributed by atoms with Crippen LogP contribution in [0.2, 0.25) is 0 Å². The standard InChI is InChI=1S/C15H19N3/c1-2-18-11-14(10-16-18)17-15(13-8-9-13)12-6-4-3-5-7-12/h3-7,10-11,13,15,17H,2,8-9H2,1H3. The lowest BCUT2D eigenvalue weighted by Crippen LogP contribution is -2.12. The van der Waals surface area contributed by atoms with E-state index in [1.54, 1.807) is 0 Å². The predicted molar refractivity (Wildman–Crippen MR) is 73.4 cm³/mol. The van der Waals surface area contributed by atoms with Crippen molar-refractivity contribution in [3.8, 4) is 0 Å². The van der Waals surface area contributed by atoms with E-state index >= 15 is 0 Å². The van der Waals surface area contributed by atoms with Crippen LogP contribution >= 0.6 is 0 Å². The number of hydrogen-bond donors (Lipinski definition) is 1. The van der Waals surface area contributed by atoms with Crippen LogP contribution < -0.4 is 5.32 Å². The molecule has 1 aliphatic rings. The average molecular weight is 241 g/mol. The molecule has 2 aromatic rings. The number of aromatic nitrogens is 2. The van der Waals surface area contributed by atoms with Gasteiger partial charge in [-0.3, -0.25) is 4.68 Å². The van der Waals surface area contributed by atoms with Gasteiger partial charge in [-0.1, -0.05) is 30.3 Å². The van der Waals surface area contributed by atoms with Gasteiger partial charge in [-0.2, -0.15) is 5.10 Å². The molecule has 3 rings (SSSR count). The molecule has 0 radical (unpaired) electrons. The summed E-state index contributed by atoms with van der Waals surface area (Å²) >= 11 is 0. The van der Waals surface area contributed by atoms with E-state index in [9.17, 15) is 0 Å². The Morgan fingerprint density at radius 1 is 1.33 bits per heavy atom. The fraction of sp³-hybridized carbons (Fsp3) is 0.400. The molecule has 1 aromatic heterocycles. The van der Waals surface area contributed by atoms with Gasteiger partial charge < -0.3 is 5.32 Å². The van der Waals surface area contributed by atoms with Crippen LogP contribution in [0.4, 0.5) is 5.69 Å². The largest absolute Gasteiger partial charge is 0.375 e. The zero-order valence-electron chi connectivity index (χ0n) is 10.7. The molecule has 0 amide bonds. The molecule has 0 bridgehead atoms. The zero-order valence-corrected chi connectivity index (χ0v) is 10.7. The Bertz CT molecular complexity index is 499. The highest BCUT2D eigenvalue weighted by Gasteiger charge is 2.32. The van der Waals surface area contributed by atoms with Crippen LogP contribution in [0.15, 0.2) is 42.7 Å². The first-order chi connectivity index (χ1) is 8.86. The monoisotopic (exact) mass is 241 g/mol. The molecule has 18 heavy (non-hydrogen) atoms. The number of aryl methyl sites for hydroxylation is 1. The van der Waals surface area contributed by atoms with Crippen molar-refractivity contribution in [2.24, 2.45) is 5.92 Å². The van der Waals surface area contributed by atoms with Crippen LogP contribution in [0.3, 0.4) is 0 Å². The molecule has 1 fully saturated rings. The maximum atomic E-state index is 4.32. The molecule has 1 N–H and O–H groups in total. The van der Waals surface area contributed by atoms with Gasteiger partial charge in [0.05, 0.1) is 17.9 Å². The first kappa shape index (κ1) is 11.3. The predicted octanol–water partition coefficient (Wildman–Crippen LogP) is 3.47. The third kappa shape index (κ3) is 2.40. The summed E-state index contributed by atoms with van der Waals surface area (Å²) in [6.45, 7) is 3.02. The summed E-state index contributed by atoms with van der Waals surface area (Å²) in [5.74, 6) is 0.775. The number of hydrogen-bond acceptors (Lipinski definition) is 2. The fourth-order valence-corrected chi connectivity index (χ4v) is 2.35. The Labute approximate surface area is 108 Å². The zero-order chi connectivity index (χ0) is 12.4. The molecule has 1 saturated carbocycles. The van der Waals surface area contributed by atoms with E-state index in [0.717, 1.165) is 18.2 Å². The van der Waals surface area contributed by atoms with Crippen molar-refractivity contribution in [3.63, 3.8) is 0 Å². The van der Waals surface area contributed by atoms with E-state index in [4.69, 9.17) is 0 Å². The highest BCUT2D eigenvalue weighted by Crippen LogP contribution is 2.42. The van der Waals surface area contributed by atoms with Gasteiger partial charge in [0.15, 0.2) is 0 Å². The van der Waals surface area contributed by atoms with E-state index in [2.05, 4.69) is 53.9 Å². The first-order valence-electron chi connectivity index (χ1n) is 6.70. The molecule has 1 unspecified atom stereocenters. The molecule has 1 heterocycles. The van der Waals surface area contributed by atoms with Crippen LogP contribution in [-0.2, 0) is 6.54 Å². The maximum absolute atomic E-state index is 4.32. The lowest BCUT2D eigenvalue weighted by molar-refractivity contribution is 0.658. The molecule has 3 heteroatoms. The van der Waals surface area contributed by atoms with Crippen molar-refractivity contribution in [2.75, 3.05) is 5.32 Å². The van der Waals surface area contributed by atoms with Gasteiger partial charge in [0.25, 0.3) is 0 Å². The van der Waals surface area contributed by atoms with Crippen LogP contribution in [-0.4, -0.2) is 9.78 Å². The van der Waals surface area contributed by atoms with E-state index in [1.165, 1.54) is 18.4 Å². The lowest BCUT2D eigenvalue weighted by atomic mass is 10.0. The molecule has 94 valence electrons. The van der Waals surface area contributed by atoms with Crippen molar-refractivity contribution in [1.82, 2.24) is 9.78 Å². The van der Waals surface area contributed by atoms with Crippen molar-refractivity contribution < 1.29 is 0 Å². The second kappa shape index (κ2) is 4.84. The minimum Gasteiger partial charge on any atom is -0.375 e. The molecule has 3 nitrogen and oxygen atoms in total. The van der Waals surface area contributed by atoms with Crippen LogP contribution in [0, 0.1) is 5.92 Å². The molecule has 0 spiro atoms. The summed E-state index contributed by atoms with van der Waals surface area (Å²) in [7, 11) is 0. The molecule has 1 aliphatic carbocycles. The number of anilines is 1. The highest BCUT2D eigenvalue weighted by molar-refractivity contribution is 5.42. The van der Waals surface area contributed by atoms with Gasteiger partial charge in [-0.15, -0.1) is 0 Å². The quantitative estimate of drug-likeness (QED) is 0.868.